The molecule has 84 valence electrons. The molecular formula is C7H10Br2ClN5. The number of anilines is 2. The average Bonchev–Trinajstić information content (AvgIpc) is 2.23. The van der Waals surface area contributed by atoms with Crippen molar-refractivity contribution in [1.29, 1.82) is 0 Å². The second kappa shape index (κ2) is 7.19. The lowest BCUT2D eigenvalue weighted by atomic mass is 10.7. The molecule has 0 aromatic carbocycles. The van der Waals surface area contributed by atoms with E-state index in [0.29, 0.717) is 11.9 Å². The van der Waals surface area contributed by atoms with Crippen molar-refractivity contribution in [2.45, 2.75) is 0 Å². The van der Waals surface area contributed by atoms with E-state index in [1.54, 1.807) is 0 Å². The topological polar surface area (TPSA) is 62.7 Å². The van der Waals surface area contributed by atoms with Crippen molar-refractivity contribution in [3.8, 4) is 0 Å². The number of hydrogen-bond acceptors (Lipinski definition) is 5. The van der Waals surface area contributed by atoms with Gasteiger partial charge in [-0.1, -0.05) is 31.9 Å². The van der Waals surface area contributed by atoms with E-state index < -0.39 is 0 Å². The fraction of sp³-hybridized carbons (Fsp3) is 0.571. The number of alkyl halides is 2. The Labute approximate surface area is 110 Å². The van der Waals surface area contributed by atoms with Gasteiger partial charge in [-0.05, 0) is 11.6 Å². The van der Waals surface area contributed by atoms with Crippen molar-refractivity contribution in [3.05, 3.63) is 5.28 Å². The first-order valence-corrected chi connectivity index (χ1v) is 6.89. The first-order valence-electron chi connectivity index (χ1n) is 4.27. The summed E-state index contributed by atoms with van der Waals surface area (Å²) in [7, 11) is 0. The fourth-order valence-electron chi connectivity index (χ4n) is 0.826. The highest BCUT2D eigenvalue weighted by molar-refractivity contribution is 9.09. The molecular weight excluding hydrogens is 349 g/mol. The maximum atomic E-state index is 5.74. The summed E-state index contributed by atoms with van der Waals surface area (Å²) >= 11 is 12.3. The van der Waals surface area contributed by atoms with E-state index in [9.17, 15) is 0 Å². The fourth-order valence-corrected chi connectivity index (χ4v) is 1.38. The largest absolute Gasteiger partial charge is 0.353 e. The zero-order chi connectivity index (χ0) is 11.1. The van der Waals surface area contributed by atoms with E-state index in [1.165, 1.54) is 0 Å². The van der Waals surface area contributed by atoms with E-state index in [0.717, 1.165) is 23.7 Å². The van der Waals surface area contributed by atoms with Crippen LogP contribution in [0.25, 0.3) is 0 Å². The number of aromatic nitrogens is 3. The van der Waals surface area contributed by atoms with E-state index in [2.05, 4.69) is 57.4 Å². The third-order valence-electron chi connectivity index (χ3n) is 1.36. The Kier molecular flexibility index (Phi) is 6.19. The van der Waals surface area contributed by atoms with Gasteiger partial charge in [0.15, 0.2) is 0 Å². The van der Waals surface area contributed by atoms with Crippen LogP contribution < -0.4 is 10.6 Å². The molecule has 0 atom stereocenters. The zero-order valence-electron chi connectivity index (χ0n) is 7.80. The maximum absolute atomic E-state index is 5.74. The van der Waals surface area contributed by atoms with Crippen LogP contribution >= 0.6 is 43.5 Å². The first-order chi connectivity index (χ1) is 7.26. The molecule has 8 heteroatoms. The van der Waals surface area contributed by atoms with Gasteiger partial charge < -0.3 is 10.6 Å². The molecule has 0 aliphatic carbocycles. The molecule has 1 aromatic heterocycles. The van der Waals surface area contributed by atoms with Crippen LogP contribution in [-0.2, 0) is 0 Å². The second-order valence-electron chi connectivity index (χ2n) is 2.48. The highest BCUT2D eigenvalue weighted by Crippen LogP contribution is 2.09. The van der Waals surface area contributed by atoms with Gasteiger partial charge in [0.2, 0.25) is 17.2 Å². The molecule has 0 amide bonds. The van der Waals surface area contributed by atoms with Gasteiger partial charge in [0.1, 0.15) is 0 Å². The lowest BCUT2D eigenvalue weighted by Crippen LogP contribution is -2.11. The number of nitrogens with zero attached hydrogens (tertiary/aromatic N) is 3. The predicted molar refractivity (Wildman–Crippen MR) is 69.4 cm³/mol. The smallest absolute Gasteiger partial charge is 0.228 e. The van der Waals surface area contributed by atoms with Gasteiger partial charge in [0, 0.05) is 23.7 Å². The molecule has 15 heavy (non-hydrogen) atoms. The quantitative estimate of drug-likeness (QED) is 0.762. The minimum atomic E-state index is 0.180. The maximum Gasteiger partial charge on any atom is 0.228 e. The second-order valence-corrected chi connectivity index (χ2v) is 4.41. The van der Waals surface area contributed by atoms with Gasteiger partial charge in [-0.3, -0.25) is 0 Å². The van der Waals surface area contributed by atoms with Crippen LogP contribution in [0, 0.1) is 0 Å². The van der Waals surface area contributed by atoms with Gasteiger partial charge in [0.05, 0.1) is 0 Å². The van der Waals surface area contributed by atoms with Crippen molar-refractivity contribution in [3.63, 3.8) is 0 Å². The molecule has 5 nitrogen and oxygen atoms in total. The van der Waals surface area contributed by atoms with E-state index in [1.807, 2.05) is 0 Å². The summed E-state index contributed by atoms with van der Waals surface area (Å²) in [5.74, 6) is 0.957. The zero-order valence-corrected chi connectivity index (χ0v) is 11.7. The van der Waals surface area contributed by atoms with Crippen molar-refractivity contribution >= 4 is 55.4 Å². The molecule has 0 bridgehead atoms. The molecule has 0 unspecified atom stereocenters. The van der Waals surface area contributed by atoms with Crippen molar-refractivity contribution in [2.75, 3.05) is 34.4 Å². The Balaban J connectivity index is 2.66. The van der Waals surface area contributed by atoms with E-state index in [4.69, 9.17) is 11.6 Å². The number of rotatable bonds is 6. The molecule has 0 spiro atoms. The summed E-state index contributed by atoms with van der Waals surface area (Å²) in [6, 6.07) is 0. The Hall–Kier alpha value is -0.140. The molecule has 1 rings (SSSR count). The number of hydrogen-bond donors (Lipinski definition) is 2. The van der Waals surface area contributed by atoms with E-state index >= 15 is 0 Å². The molecule has 1 heterocycles. The molecule has 1 aromatic rings. The van der Waals surface area contributed by atoms with Gasteiger partial charge in [-0.2, -0.15) is 15.0 Å². The summed E-state index contributed by atoms with van der Waals surface area (Å²) in [5.41, 5.74) is 0. The van der Waals surface area contributed by atoms with Crippen molar-refractivity contribution < 1.29 is 0 Å². The van der Waals surface area contributed by atoms with Crippen LogP contribution in [0.2, 0.25) is 5.28 Å². The minimum Gasteiger partial charge on any atom is -0.353 e. The summed E-state index contributed by atoms with van der Waals surface area (Å²) in [5, 5.41) is 7.83. The molecule has 0 radical (unpaired) electrons. The SMILES string of the molecule is Clc1nc(NCCBr)nc(NCCBr)n1. The van der Waals surface area contributed by atoms with Crippen LogP contribution in [0.3, 0.4) is 0 Å². The van der Waals surface area contributed by atoms with Crippen LogP contribution in [0.15, 0.2) is 0 Å². The van der Waals surface area contributed by atoms with Crippen LogP contribution in [0.4, 0.5) is 11.9 Å². The number of nitrogens with one attached hydrogen (secondary N) is 2. The van der Waals surface area contributed by atoms with Crippen molar-refractivity contribution in [2.24, 2.45) is 0 Å². The van der Waals surface area contributed by atoms with Crippen LogP contribution in [-0.4, -0.2) is 38.7 Å². The lowest BCUT2D eigenvalue weighted by molar-refractivity contribution is 1.00. The van der Waals surface area contributed by atoms with Gasteiger partial charge in [-0.25, -0.2) is 0 Å². The predicted octanol–water partition coefficient (Wildman–Crippen LogP) is 2.14. The Morgan fingerprint density at radius 1 is 0.933 bits per heavy atom. The summed E-state index contributed by atoms with van der Waals surface area (Å²) in [6.45, 7) is 1.47. The lowest BCUT2D eigenvalue weighted by Gasteiger charge is -2.06. The Morgan fingerprint density at radius 2 is 1.40 bits per heavy atom. The molecule has 2 N–H and O–H groups in total. The van der Waals surface area contributed by atoms with Crippen LogP contribution in [0.5, 0.6) is 0 Å². The molecule has 0 fully saturated rings. The molecule has 0 saturated carbocycles. The average molecular weight is 359 g/mol. The summed E-state index contributed by atoms with van der Waals surface area (Å²) in [4.78, 5) is 12.0. The molecule has 0 aliphatic rings. The monoisotopic (exact) mass is 357 g/mol. The molecule has 0 saturated heterocycles. The third-order valence-corrected chi connectivity index (χ3v) is 2.33. The highest BCUT2D eigenvalue weighted by atomic mass is 79.9. The third kappa shape index (κ3) is 4.94. The number of halogens is 3. The van der Waals surface area contributed by atoms with Crippen molar-refractivity contribution in [1.82, 2.24) is 15.0 Å². The van der Waals surface area contributed by atoms with E-state index in [-0.39, 0.29) is 5.28 Å². The Morgan fingerprint density at radius 3 is 1.80 bits per heavy atom. The summed E-state index contributed by atoms with van der Waals surface area (Å²) in [6.07, 6.45) is 0. The van der Waals surface area contributed by atoms with Crippen LogP contribution in [0.1, 0.15) is 0 Å². The molecule has 0 aliphatic heterocycles. The first kappa shape index (κ1) is 12.9. The summed E-state index contributed by atoms with van der Waals surface area (Å²) < 4.78 is 0. The van der Waals surface area contributed by atoms with Gasteiger partial charge >= 0.3 is 0 Å². The van der Waals surface area contributed by atoms with Gasteiger partial charge in [-0.15, -0.1) is 0 Å². The Bertz CT molecular complexity index is 285. The van der Waals surface area contributed by atoms with Gasteiger partial charge in [0.25, 0.3) is 0 Å². The standard InChI is InChI=1S/C7H10Br2ClN5/c8-1-3-11-6-13-5(10)14-7(15-6)12-4-2-9/h1-4H2,(H2,11,12,13,14,15). The normalized spacial score (nSPS) is 10.1. The highest BCUT2D eigenvalue weighted by Gasteiger charge is 2.03. The minimum absolute atomic E-state index is 0.180.